The van der Waals surface area contributed by atoms with Crippen molar-refractivity contribution in [1.82, 2.24) is 5.43 Å². The molecule has 1 amide bonds. The molecule has 26 heavy (non-hydrogen) atoms. The molecule has 1 N–H and O–H groups in total. The maximum atomic E-state index is 12.0. The average Bonchev–Trinajstić information content (AvgIpc) is 2.64. The van der Waals surface area contributed by atoms with E-state index in [4.69, 9.17) is 32.7 Å². The second kappa shape index (κ2) is 11.1. The van der Waals surface area contributed by atoms with Crippen LogP contribution in [-0.2, 0) is 4.79 Å². The van der Waals surface area contributed by atoms with E-state index in [1.165, 1.54) is 25.5 Å². The molecule has 0 aliphatic rings. The summed E-state index contributed by atoms with van der Waals surface area (Å²) in [5.41, 5.74) is 3.25. The van der Waals surface area contributed by atoms with Crippen LogP contribution in [0.15, 0.2) is 41.5 Å². The molecule has 0 spiro atoms. The zero-order valence-corrected chi connectivity index (χ0v) is 16.0. The Hall–Kier alpha value is -2.57. The third-order valence-electron chi connectivity index (χ3n) is 2.92. The Bertz CT molecular complexity index is 795. The van der Waals surface area contributed by atoms with Gasteiger partial charge in [-0.15, -0.1) is 0 Å². The van der Waals surface area contributed by atoms with Gasteiger partial charge >= 0.3 is 0 Å². The first kappa shape index (κ1) is 21.5. The molecule has 2 aromatic carbocycles. The van der Waals surface area contributed by atoms with Crippen LogP contribution < -0.4 is 14.9 Å². The molecule has 0 aromatic heterocycles. The third-order valence-corrected chi connectivity index (χ3v) is 3.47. The highest BCUT2D eigenvalue weighted by Crippen LogP contribution is 2.27. The Balaban J connectivity index is 0.00000163. The first-order valence-corrected chi connectivity index (χ1v) is 8.37. The zero-order chi connectivity index (χ0) is 19.5. The summed E-state index contributed by atoms with van der Waals surface area (Å²) in [6.45, 7) is 4.31. The van der Waals surface area contributed by atoms with E-state index in [0.29, 0.717) is 22.8 Å². The number of rotatable bonds is 6. The SMILES string of the molecule is CC.COc1cc(/C=N/NC(=O)c2ccc(Cl)cc2Cl)ccc1OC=O. The van der Waals surface area contributed by atoms with Crippen molar-refractivity contribution in [1.29, 1.82) is 0 Å². The monoisotopic (exact) mass is 396 g/mol. The van der Waals surface area contributed by atoms with E-state index in [0.717, 1.165) is 0 Å². The van der Waals surface area contributed by atoms with Crippen molar-refractivity contribution in [3.8, 4) is 11.5 Å². The van der Waals surface area contributed by atoms with Gasteiger partial charge in [0.1, 0.15) is 0 Å². The lowest BCUT2D eigenvalue weighted by Crippen LogP contribution is -2.18. The molecular formula is C18H18Cl2N2O4. The van der Waals surface area contributed by atoms with Crippen LogP contribution in [0, 0.1) is 0 Å². The van der Waals surface area contributed by atoms with Crippen LogP contribution in [0.1, 0.15) is 29.8 Å². The van der Waals surface area contributed by atoms with Crippen LogP contribution in [0.3, 0.4) is 0 Å². The third kappa shape index (κ3) is 6.06. The number of carbonyl (C=O) groups is 2. The number of methoxy groups -OCH3 is 1. The Morgan fingerprint density at radius 2 is 1.85 bits per heavy atom. The largest absolute Gasteiger partial charge is 0.493 e. The zero-order valence-electron chi connectivity index (χ0n) is 14.5. The number of hydrazone groups is 1. The van der Waals surface area contributed by atoms with Crippen LogP contribution in [-0.4, -0.2) is 25.7 Å². The molecule has 2 aromatic rings. The van der Waals surface area contributed by atoms with Gasteiger partial charge in [0.2, 0.25) is 0 Å². The highest BCUT2D eigenvalue weighted by molar-refractivity contribution is 6.36. The lowest BCUT2D eigenvalue weighted by molar-refractivity contribution is -0.120. The molecule has 0 fully saturated rings. The van der Waals surface area contributed by atoms with Crippen molar-refractivity contribution < 1.29 is 19.1 Å². The second-order valence-corrected chi connectivity index (χ2v) is 5.29. The van der Waals surface area contributed by atoms with Crippen molar-refractivity contribution in [2.24, 2.45) is 5.10 Å². The Kier molecular flexibility index (Phi) is 9.19. The highest BCUT2D eigenvalue weighted by atomic mass is 35.5. The van der Waals surface area contributed by atoms with Crippen LogP contribution in [0.4, 0.5) is 0 Å². The molecule has 138 valence electrons. The van der Waals surface area contributed by atoms with Crippen LogP contribution >= 0.6 is 23.2 Å². The van der Waals surface area contributed by atoms with Gasteiger partial charge in [-0.25, -0.2) is 5.43 Å². The number of halogens is 2. The predicted octanol–water partition coefficient (Wildman–Crippen LogP) is 4.33. The van der Waals surface area contributed by atoms with Gasteiger partial charge in [0.05, 0.1) is 23.9 Å². The first-order chi connectivity index (χ1) is 12.5. The minimum atomic E-state index is -0.471. The van der Waals surface area contributed by atoms with Crippen LogP contribution in [0.25, 0.3) is 0 Å². The quantitative estimate of drug-likeness (QED) is 0.447. The predicted molar refractivity (Wildman–Crippen MR) is 103 cm³/mol. The molecule has 0 aliphatic heterocycles. The summed E-state index contributed by atoms with van der Waals surface area (Å²) in [5, 5.41) is 4.51. The summed E-state index contributed by atoms with van der Waals surface area (Å²) < 4.78 is 9.86. The molecule has 0 radical (unpaired) electrons. The molecule has 0 bridgehead atoms. The lowest BCUT2D eigenvalue weighted by Gasteiger charge is -2.06. The summed E-state index contributed by atoms with van der Waals surface area (Å²) in [6, 6.07) is 9.33. The molecule has 0 aliphatic carbocycles. The van der Waals surface area contributed by atoms with Gasteiger partial charge in [-0.2, -0.15) is 5.10 Å². The lowest BCUT2D eigenvalue weighted by atomic mass is 10.2. The molecule has 0 heterocycles. The molecule has 0 saturated carbocycles. The topological polar surface area (TPSA) is 77.0 Å². The Morgan fingerprint density at radius 3 is 2.46 bits per heavy atom. The van der Waals surface area contributed by atoms with E-state index in [1.54, 1.807) is 24.3 Å². The number of ether oxygens (including phenoxy) is 2. The number of nitrogens with one attached hydrogen (secondary N) is 1. The summed E-state index contributed by atoms with van der Waals surface area (Å²) in [6.07, 6.45) is 1.41. The van der Waals surface area contributed by atoms with Gasteiger partial charge in [0.15, 0.2) is 11.5 Å². The van der Waals surface area contributed by atoms with E-state index in [2.05, 4.69) is 10.5 Å². The van der Waals surface area contributed by atoms with E-state index < -0.39 is 5.91 Å². The first-order valence-electron chi connectivity index (χ1n) is 7.62. The summed E-state index contributed by atoms with van der Waals surface area (Å²) >= 11 is 11.7. The molecule has 0 saturated heterocycles. The number of amides is 1. The number of nitrogens with zero attached hydrogens (tertiary/aromatic N) is 1. The highest BCUT2D eigenvalue weighted by Gasteiger charge is 2.10. The second-order valence-electron chi connectivity index (χ2n) is 4.45. The minimum absolute atomic E-state index is 0.229. The van der Waals surface area contributed by atoms with Gasteiger partial charge < -0.3 is 9.47 Å². The number of carbonyl (C=O) groups excluding carboxylic acids is 2. The van der Waals surface area contributed by atoms with Gasteiger partial charge in [0.25, 0.3) is 12.4 Å². The number of hydrogen-bond donors (Lipinski definition) is 1. The van der Waals surface area contributed by atoms with Gasteiger partial charge in [-0.05, 0) is 42.0 Å². The van der Waals surface area contributed by atoms with E-state index in [-0.39, 0.29) is 16.3 Å². The standard InChI is InChI=1S/C16H12Cl2N2O4.C2H6/c1-23-15-6-10(2-5-14(15)24-9-21)8-19-20-16(22)12-4-3-11(17)7-13(12)18;1-2/h2-9H,1H3,(H,20,22);1-2H3/b19-8+;. The van der Waals surface area contributed by atoms with Crippen molar-refractivity contribution >= 4 is 41.8 Å². The average molecular weight is 397 g/mol. The van der Waals surface area contributed by atoms with Crippen molar-refractivity contribution in [2.75, 3.05) is 7.11 Å². The molecule has 2 rings (SSSR count). The van der Waals surface area contributed by atoms with Crippen LogP contribution in [0.2, 0.25) is 10.0 Å². The molecule has 6 nitrogen and oxygen atoms in total. The van der Waals surface area contributed by atoms with Crippen molar-refractivity contribution in [3.05, 3.63) is 57.6 Å². The van der Waals surface area contributed by atoms with Gasteiger partial charge in [0, 0.05) is 5.02 Å². The van der Waals surface area contributed by atoms with E-state index in [9.17, 15) is 9.59 Å². The Labute approximate surface area is 161 Å². The van der Waals surface area contributed by atoms with Crippen molar-refractivity contribution in [2.45, 2.75) is 13.8 Å². The van der Waals surface area contributed by atoms with Crippen LogP contribution in [0.5, 0.6) is 11.5 Å². The summed E-state index contributed by atoms with van der Waals surface area (Å²) in [5.74, 6) is 0.167. The van der Waals surface area contributed by atoms with E-state index >= 15 is 0 Å². The van der Waals surface area contributed by atoms with E-state index in [1.807, 2.05) is 13.8 Å². The molecule has 0 unspecified atom stereocenters. The minimum Gasteiger partial charge on any atom is -0.493 e. The number of hydrogen-bond acceptors (Lipinski definition) is 5. The smallest absolute Gasteiger partial charge is 0.298 e. The summed E-state index contributed by atoms with van der Waals surface area (Å²) in [7, 11) is 1.44. The number of benzene rings is 2. The molecule has 8 heteroatoms. The maximum absolute atomic E-state index is 12.0. The molecule has 0 atom stereocenters. The van der Waals surface area contributed by atoms with Gasteiger partial charge in [-0.3, -0.25) is 9.59 Å². The summed E-state index contributed by atoms with van der Waals surface area (Å²) in [4.78, 5) is 22.4. The Morgan fingerprint density at radius 1 is 1.12 bits per heavy atom. The maximum Gasteiger partial charge on any atom is 0.298 e. The van der Waals surface area contributed by atoms with Crippen molar-refractivity contribution in [3.63, 3.8) is 0 Å². The normalized spacial score (nSPS) is 9.88. The molecular weight excluding hydrogens is 379 g/mol. The fraction of sp³-hybridized carbons (Fsp3) is 0.167. The fourth-order valence-electron chi connectivity index (χ4n) is 1.81. The fourth-order valence-corrected chi connectivity index (χ4v) is 2.31. The van der Waals surface area contributed by atoms with Gasteiger partial charge in [-0.1, -0.05) is 37.0 Å².